The molecule has 1 aromatic heterocycles. The van der Waals surface area contributed by atoms with E-state index in [2.05, 4.69) is 0 Å². The Bertz CT molecular complexity index is 1690. The van der Waals surface area contributed by atoms with Gasteiger partial charge in [0.25, 0.3) is 5.76 Å². The van der Waals surface area contributed by atoms with Gasteiger partial charge in [-0.1, -0.05) is 54.1 Å². The third-order valence-corrected chi connectivity index (χ3v) is 5.65. The van der Waals surface area contributed by atoms with Crippen molar-refractivity contribution in [1.82, 2.24) is 0 Å². The molecule has 36 heavy (non-hydrogen) atoms. The number of alkyl halides is 3. The first-order chi connectivity index (χ1) is 17.2. The van der Waals surface area contributed by atoms with Crippen LogP contribution in [0.15, 0.2) is 94.1 Å². The first-order valence-corrected chi connectivity index (χ1v) is 10.9. The van der Waals surface area contributed by atoms with E-state index >= 15 is 0 Å². The van der Waals surface area contributed by atoms with Crippen LogP contribution in [0, 0.1) is 0 Å². The van der Waals surface area contributed by atoms with E-state index in [0.717, 1.165) is 16.8 Å². The van der Waals surface area contributed by atoms with Crippen molar-refractivity contribution in [1.29, 1.82) is 0 Å². The average Bonchev–Trinajstić information content (AvgIpc) is 2.85. The maximum Gasteiger partial charge on any atom is 0.453 e. The van der Waals surface area contributed by atoms with Crippen LogP contribution < -0.4 is 14.9 Å². The fraction of sp³-hybridized carbons (Fsp3) is 0.0370. The Hall–Kier alpha value is -4.30. The number of hydrogen-bond donors (Lipinski definition) is 0. The summed E-state index contributed by atoms with van der Waals surface area (Å²) in [6.07, 6.45) is -5.04. The fourth-order valence-electron chi connectivity index (χ4n) is 3.64. The summed E-state index contributed by atoms with van der Waals surface area (Å²) in [5, 5.41) is 1.53. The van der Waals surface area contributed by atoms with Crippen LogP contribution in [0.2, 0.25) is 5.02 Å². The molecule has 5 aromatic rings. The molecule has 5 nitrogen and oxygen atoms in total. The smallest absolute Gasteiger partial charge is 0.449 e. The number of halogens is 4. The molecule has 0 N–H and O–H groups in total. The first-order valence-electron chi connectivity index (χ1n) is 10.5. The zero-order valence-corrected chi connectivity index (χ0v) is 18.9. The topological polar surface area (TPSA) is 65.7 Å². The van der Waals surface area contributed by atoms with Crippen molar-refractivity contribution in [2.45, 2.75) is 6.18 Å². The van der Waals surface area contributed by atoms with E-state index in [9.17, 15) is 22.8 Å². The normalized spacial score (nSPS) is 11.6. The van der Waals surface area contributed by atoms with E-state index in [4.69, 9.17) is 25.5 Å². The van der Waals surface area contributed by atoms with Crippen molar-refractivity contribution in [2.24, 2.45) is 0 Å². The van der Waals surface area contributed by atoms with Gasteiger partial charge in [-0.2, -0.15) is 13.2 Å². The van der Waals surface area contributed by atoms with Crippen LogP contribution >= 0.6 is 11.6 Å². The second-order valence-electron chi connectivity index (χ2n) is 7.73. The fourth-order valence-corrected chi connectivity index (χ4v) is 3.85. The summed E-state index contributed by atoms with van der Waals surface area (Å²) in [4.78, 5) is 25.5. The number of fused-ring (bicyclic) bond motifs is 2. The van der Waals surface area contributed by atoms with Crippen LogP contribution in [-0.2, 0) is 6.18 Å². The molecule has 9 heteroatoms. The lowest BCUT2D eigenvalue weighted by atomic mass is 10.1. The summed E-state index contributed by atoms with van der Waals surface area (Å²) in [5.74, 6) is -3.52. The highest BCUT2D eigenvalue weighted by Gasteiger charge is 2.40. The van der Waals surface area contributed by atoms with Crippen LogP contribution in [0.1, 0.15) is 16.1 Å². The molecule has 0 fully saturated rings. The van der Waals surface area contributed by atoms with Crippen molar-refractivity contribution in [3.63, 3.8) is 0 Å². The number of carbonyl (C=O) groups is 1. The van der Waals surface area contributed by atoms with Gasteiger partial charge >= 0.3 is 12.1 Å². The SMILES string of the molecule is O=C(Oc1ccc2c(=O)c(Oc3ccc4ccccc4c3)c(C(F)(F)F)oc2c1)c1ccccc1Cl. The van der Waals surface area contributed by atoms with Crippen LogP contribution in [-0.4, -0.2) is 5.97 Å². The van der Waals surface area contributed by atoms with Crippen molar-refractivity contribution in [2.75, 3.05) is 0 Å². The molecule has 0 radical (unpaired) electrons. The van der Waals surface area contributed by atoms with Gasteiger partial charge in [0.15, 0.2) is 0 Å². The van der Waals surface area contributed by atoms with Crippen molar-refractivity contribution < 1.29 is 31.9 Å². The van der Waals surface area contributed by atoms with Crippen LogP contribution in [0.3, 0.4) is 0 Å². The van der Waals surface area contributed by atoms with E-state index in [0.29, 0.717) is 0 Å². The number of benzene rings is 4. The third-order valence-electron chi connectivity index (χ3n) is 5.32. The Kier molecular flexibility index (Phi) is 5.89. The van der Waals surface area contributed by atoms with Gasteiger partial charge in [0.2, 0.25) is 11.2 Å². The van der Waals surface area contributed by atoms with Gasteiger partial charge in [0, 0.05) is 6.07 Å². The second-order valence-corrected chi connectivity index (χ2v) is 8.13. The van der Waals surface area contributed by atoms with Gasteiger partial charge in [0.05, 0.1) is 16.0 Å². The number of hydrogen-bond acceptors (Lipinski definition) is 5. The molecule has 0 aliphatic rings. The zero-order chi connectivity index (χ0) is 25.4. The molecule has 0 saturated heterocycles. The number of carbonyl (C=O) groups excluding carboxylic acids is 1. The van der Waals surface area contributed by atoms with Gasteiger partial charge < -0.3 is 13.9 Å². The third kappa shape index (κ3) is 4.50. The van der Waals surface area contributed by atoms with E-state index in [1.54, 1.807) is 30.3 Å². The minimum atomic E-state index is -5.04. The molecule has 180 valence electrons. The summed E-state index contributed by atoms with van der Waals surface area (Å²) < 4.78 is 57.4. The van der Waals surface area contributed by atoms with E-state index in [1.165, 1.54) is 36.4 Å². The molecule has 0 bridgehead atoms. The molecular weight excluding hydrogens is 497 g/mol. The first kappa shape index (κ1) is 23.4. The Balaban J connectivity index is 1.56. The molecule has 0 aliphatic heterocycles. The van der Waals surface area contributed by atoms with Crippen LogP contribution in [0.5, 0.6) is 17.2 Å². The summed E-state index contributed by atoms with van der Waals surface area (Å²) >= 11 is 5.99. The molecule has 1 heterocycles. The van der Waals surface area contributed by atoms with Gasteiger partial charge in [-0.15, -0.1) is 0 Å². The molecule has 4 aromatic carbocycles. The Morgan fingerprint density at radius 3 is 2.28 bits per heavy atom. The second kappa shape index (κ2) is 9.05. The molecule has 5 rings (SSSR count). The highest BCUT2D eigenvalue weighted by atomic mass is 35.5. The quantitative estimate of drug-likeness (QED) is 0.184. The predicted octanol–water partition coefficient (Wildman–Crippen LogP) is 7.63. The van der Waals surface area contributed by atoms with E-state index in [1.807, 2.05) is 12.1 Å². The van der Waals surface area contributed by atoms with Gasteiger partial charge in [-0.3, -0.25) is 4.79 Å². The Morgan fingerprint density at radius 1 is 0.833 bits per heavy atom. The van der Waals surface area contributed by atoms with Crippen molar-refractivity contribution in [3.8, 4) is 17.2 Å². The maximum absolute atomic E-state index is 13.9. The van der Waals surface area contributed by atoms with Crippen molar-refractivity contribution >= 4 is 39.3 Å². The van der Waals surface area contributed by atoms with Gasteiger partial charge in [-0.25, -0.2) is 4.79 Å². The number of rotatable bonds is 4. The maximum atomic E-state index is 13.9. The Morgan fingerprint density at radius 2 is 1.53 bits per heavy atom. The minimum absolute atomic E-state index is 0.0381. The lowest BCUT2D eigenvalue weighted by Gasteiger charge is -2.14. The molecule has 0 spiro atoms. The zero-order valence-electron chi connectivity index (χ0n) is 18.1. The lowest BCUT2D eigenvalue weighted by molar-refractivity contribution is -0.154. The molecule has 0 saturated carbocycles. The predicted molar refractivity (Wildman–Crippen MR) is 128 cm³/mol. The molecule has 0 atom stereocenters. The van der Waals surface area contributed by atoms with Crippen LogP contribution in [0.4, 0.5) is 13.2 Å². The number of esters is 1. The minimum Gasteiger partial charge on any atom is -0.449 e. The highest BCUT2D eigenvalue weighted by molar-refractivity contribution is 6.33. The molecule has 0 unspecified atom stereocenters. The molecular formula is C27H14ClF3O5. The Labute approximate surface area is 206 Å². The largest absolute Gasteiger partial charge is 0.453 e. The standard InChI is InChI=1S/C27H14ClF3O5/c28-21-8-4-3-7-19(21)26(33)35-18-11-12-20-22(14-18)36-25(27(29,30)31)24(23(20)32)34-17-10-9-15-5-1-2-6-16(15)13-17/h1-14H. The average molecular weight is 511 g/mol. The monoisotopic (exact) mass is 510 g/mol. The van der Waals surface area contributed by atoms with Crippen molar-refractivity contribution in [3.05, 3.63) is 111 Å². The summed E-state index contributed by atoms with van der Waals surface area (Å²) in [5.41, 5.74) is -1.39. The molecule has 0 amide bonds. The lowest BCUT2D eigenvalue weighted by Crippen LogP contribution is -2.15. The number of ether oxygens (including phenoxy) is 2. The highest BCUT2D eigenvalue weighted by Crippen LogP contribution is 2.39. The van der Waals surface area contributed by atoms with Crippen LogP contribution in [0.25, 0.3) is 21.7 Å². The molecule has 0 aliphatic carbocycles. The van der Waals surface area contributed by atoms with Gasteiger partial charge in [0.1, 0.15) is 17.1 Å². The van der Waals surface area contributed by atoms with E-state index in [-0.39, 0.29) is 27.5 Å². The van der Waals surface area contributed by atoms with Gasteiger partial charge in [-0.05, 0) is 47.2 Å². The summed E-state index contributed by atoms with van der Waals surface area (Å²) in [6.45, 7) is 0. The summed E-state index contributed by atoms with van der Waals surface area (Å²) in [6, 6.07) is 21.5. The summed E-state index contributed by atoms with van der Waals surface area (Å²) in [7, 11) is 0. The van der Waals surface area contributed by atoms with E-state index < -0.39 is 34.7 Å².